The summed E-state index contributed by atoms with van der Waals surface area (Å²) in [6.07, 6.45) is 0. The molecular formula is C16H15BrN2S. The van der Waals surface area contributed by atoms with Gasteiger partial charge in [0.15, 0.2) is 0 Å². The number of rotatable bonds is 4. The van der Waals surface area contributed by atoms with Crippen LogP contribution in [0.3, 0.4) is 0 Å². The average Bonchev–Trinajstić information content (AvgIpc) is 2.98. The van der Waals surface area contributed by atoms with E-state index in [0.29, 0.717) is 0 Å². The van der Waals surface area contributed by atoms with Crippen LogP contribution in [0.1, 0.15) is 10.4 Å². The lowest BCUT2D eigenvalue weighted by atomic mass is 10.1. The van der Waals surface area contributed by atoms with E-state index in [1.54, 1.807) is 11.3 Å². The van der Waals surface area contributed by atoms with E-state index in [-0.39, 0.29) is 0 Å². The monoisotopic (exact) mass is 346 g/mol. The maximum atomic E-state index is 4.83. The Labute approximate surface area is 131 Å². The van der Waals surface area contributed by atoms with E-state index in [1.807, 2.05) is 6.07 Å². The van der Waals surface area contributed by atoms with E-state index in [9.17, 15) is 0 Å². The standard InChI is InChI=1S/C16H15BrN2S/c1-19(11-14-6-4-8-20-14)16-13(10-17)9-12-5-2-3-7-15(12)18-16/h2-9H,10-11H2,1H3. The molecule has 102 valence electrons. The molecule has 0 fully saturated rings. The molecule has 0 unspecified atom stereocenters. The number of hydrogen-bond donors (Lipinski definition) is 0. The Morgan fingerprint density at radius 3 is 2.80 bits per heavy atom. The van der Waals surface area contributed by atoms with Gasteiger partial charge in [0.1, 0.15) is 5.82 Å². The van der Waals surface area contributed by atoms with Gasteiger partial charge >= 0.3 is 0 Å². The van der Waals surface area contributed by atoms with E-state index in [0.717, 1.165) is 23.2 Å². The molecule has 0 aliphatic heterocycles. The lowest BCUT2D eigenvalue weighted by Crippen LogP contribution is -2.18. The number of nitrogens with zero attached hydrogens (tertiary/aromatic N) is 2. The number of aromatic nitrogens is 1. The largest absolute Gasteiger partial charge is 0.354 e. The third-order valence-corrected chi connectivity index (χ3v) is 4.72. The van der Waals surface area contributed by atoms with Crippen molar-refractivity contribution in [3.8, 4) is 0 Å². The molecular weight excluding hydrogens is 332 g/mol. The first-order valence-corrected chi connectivity index (χ1v) is 8.46. The predicted octanol–water partition coefficient (Wildman–Crippen LogP) is 4.83. The Bertz CT molecular complexity index is 710. The minimum Gasteiger partial charge on any atom is -0.354 e. The van der Waals surface area contributed by atoms with Crippen molar-refractivity contribution in [2.75, 3.05) is 11.9 Å². The zero-order valence-corrected chi connectivity index (χ0v) is 13.6. The lowest BCUT2D eigenvalue weighted by Gasteiger charge is -2.20. The van der Waals surface area contributed by atoms with Gasteiger partial charge < -0.3 is 4.90 Å². The van der Waals surface area contributed by atoms with Gasteiger partial charge in [0.25, 0.3) is 0 Å². The molecule has 0 aliphatic rings. The summed E-state index contributed by atoms with van der Waals surface area (Å²) in [7, 11) is 2.10. The van der Waals surface area contributed by atoms with E-state index < -0.39 is 0 Å². The molecule has 3 aromatic rings. The van der Waals surface area contributed by atoms with Crippen LogP contribution in [0.2, 0.25) is 0 Å². The zero-order chi connectivity index (χ0) is 13.9. The molecule has 2 heterocycles. The second kappa shape index (κ2) is 5.94. The molecule has 0 radical (unpaired) electrons. The van der Waals surface area contributed by atoms with Crippen molar-refractivity contribution in [2.45, 2.75) is 11.9 Å². The van der Waals surface area contributed by atoms with Gasteiger partial charge in [0.2, 0.25) is 0 Å². The first kappa shape index (κ1) is 13.6. The van der Waals surface area contributed by atoms with Crippen molar-refractivity contribution in [1.29, 1.82) is 0 Å². The van der Waals surface area contributed by atoms with Gasteiger partial charge in [-0.3, -0.25) is 0 Å². The van der Waals surface area contributed by atoms with Crippen LogP contribution >= 0.6 is 27.3 Å². The number of halogens is 1. The third kappa shape index (κ3) is 2.72. The Balaban J connectivity index is 2.00. The summed E-state index contributed by atoms with van der Waals surface area (Å²) in [5.74, 6) is 1.05. The third-order valence-electron chi connectivity index (χ3n) is 3.26. The Morgan fingerprint density at radius 2 is 2.05 bits per heavy atom. The van der Waals surface area contributed by atoms with Gasteiger partial charge in [0.05, 0.1) is 12.1 Å². The minimum absolute atomic E-state index is 0.814. The number of pyridine rings is 1. The highest BCUT2D eigenvalue weighted by molar-refractivity contribution is 9.08. The summed E-state index contributed by atoms with van der Waals surface area (Å²) >= 11 is 5.36. The Morgan fingerprint density at radius 1 is 1.20 bits per heavy atom. The van der Waals surface area contributed by atoms with Gasteiger partial charge in [0, 0.05) is 28.2 Å². The van der Waals surface area contributed by atoms with E-state index >= 15 is 0 Å². The van der Waals surface area contributed by atoms with Crippen LogP contribution in [0.4, 0.5) is 5.82 Å². The van der Waals surface area contributed by atoms with Crippen molar-refractivity contribution in [3.63, 3.8) is 0 Å². The molecule has 0 atom stereocenters. The number of hydrogen-bond acceptors (Lipinski definition) is 3. The summed E-state index contributed by atoms with van der Waals surface area (Å²) in [4.78, 5) is 8.39. The maximum absolute atomic E-state index is 4.83. The molecule has 0 spiro atoms. The first-order chi connectivity index (χ1) is 9.78. The number of anilines is 1. The number of thiophene rings is 1. The second-order valence-electron chi connectivity index (χ2n) is 4.73. The van der Waals surface area contributed by atoms with Crippen LogP contribution in [-0.2, 0) is 11.9 Å². The molecule has 0 saturated carbocycles. The highest BCUT2D eigenvalue weighted by atomic mass is 79.9. The van der Waals surface area contributed by atoms with Crippen molar-refractivity contribution >= 4 is 44.0 Å². The van der Waals surface area contributed by atoms with E-state index in [4.69, 9.17) is 4.98 Å². The molecule has 0 N–H and O–H groups in total. The fourth-order valence-corrected chi connectivity index (χ4v) is 3.46. The molecule has 2 aromatic heterocycles. The molecule has 3 rings (SSSR count). The average molecular weight is 347 g/mol. The molecule has 2 nitrogen and oxygen atoms in total. The van der Waals surface area contributed by atoms with Gasteiger partial charge in [-0.15, -0.1) is 11.3 Å². The lowest BCUT2D eigenvalue weighted by molar-refractivity contribution is 0.909. The highest BCUT2D eigenvalue weighted by Gasteiger charge is 2.11. The van der Waals surface area contributed by atoms with Crippen molar-refractivity contribution in [2.24, 2.45) is 0 Å². The van der Waals surface area contributed by atoms with Crippen molar-refractivity contribution in [1.82, 2.24) is 4.98 Å². The SMILES string of the molecule is CN(Cc1cccs1)c1nc2ccccc2cc1CBr. The summed E-state index contributed by atoms with van der Waals surface area (Å²) in [6, 6.07) is 14.7. The molecule has 0 saturated heterocycles. The molecule has 1 aromatic carbocycles. The summed E-state index contributed by atoms with van der Waals surface area (Å²) < 4.78 is 0. The smallest absolute Gasteiger partial charge is 0.133 e. The number of alkyl halides is 1. The van der Waals surface area contributed by atoms with Gasteiger partial charge in [-0.2, -0.15) is 0 Å². The molecule has 0 aliphatic carbocycles. The Hall–Kier alpha value is -1.39. The fraction of sp³-hybridized carbons (Fsp3) is 0.188. The predicted molar refractivity (Wildman–Crippen MR) is 90.8 cm³/mol. The highest BCUT2D eigenvalue weighted by Crippen LogP contribution is 2.26. The topological polar surface area (TPSA) is 16.1 Å². The zero-order valence-electron chi connectivity index (χ0n) is 11.2. The van der Waals surface area contributed by atoms with Crippen molar-refractivity contribution in [3.05, 3.63) is 58.3 Å². The number of benzene rings is 1. The van der Waals surface area contributed by atoms with Crippen LogP contribution in [0.5, 0.6) is 0 Å². The number of para-hydroxylation sites is 1. The van der Waals surface area contributed by atoms with Crippen LogP contribution < -0.4 is 4.90 Å². The normalized spacial score (nSPS) is 10.9. The fourth-order valence-electron chi connectivity index (χ4n) is 2.29. The molecule has 0 amide bonds. The van der Waals surface area contributed by atoms with Gasteiger partial charge in [-0.1, -0.05) is 40.2 Å². The quantitative estimate of drug-likeness (QED) is 0.629. The second-order valence-corrected chi connectivity index (χ2v) is 6.33. The summed E-state index contributed by atoms with van der Waals surface area (Å²) in [5.41, 5.74) is 2.27. The van der Waals surface area contributed by atoms with E-state index in [2.05, 4.69) is 69.7 Å². The van der Waals surface area contributed by atoms with Gasteiger partial charge in [-0.05, 0) is 23.6 Å². The summed E-state index contributed by atoms with van der Waals surface area (Å²) in [5, 5.41) is 4.12. The van der Waals surface area contributed by atoms with Crippen LogP contribution in [0, 0.1) is 0 Å². The maximum Gasteiger partial charge on any atom is 0.133 e. The minimum atomic E-state index is 0.814. The van der Waals surface area contributed by atoms with E-state index in [1.165, 1.54) is 15.8 Å². The number of fused-ring (bicyclic) bond motifs is 1. The van der Waals surface area contributed by atoms with Crippen LogP contribution in [-0.4, -0.2) is 12.0 Å². The van der Waals surface area contributed by atoms with Crippen LogP contribution in [0.25, 0.3) is 10.9 Å². The molecule has 0 bridgehead atoms. The molecule has 20 heavy (non-hydrogen) atoms. The van der Waals surface area contributed by atoms with Crippen molar-refractivity contribution < 1.29 is 0 Å². The molecule has 4 heteroatoms. The van der Waals surface area contributed by atoms with Crippen LogP contribution in [0.15, 0.2) is 47.8 Å². The first-order valence-electron chi connectivity index (χ1n) is 6.46. The summed E-state index contributed by atoms with van der Waals surface area (Å²) in [6.45, 7) is 0.892. The van der Waals surface area contributed by atoms with Gasteiger partial charge in [-0.25, -0.2) is 4.98 Å². The Kier molecular flexibility index (Phi) is 4.03.